The zero-order valence-corrected chi connectivity index (χ0v) is 16.4. The predicted molar refractivity (Wildman–Crippen MR) is 108 cm³/mol. The van der Waals surface area contributed by atoms with E-state index in [9.17, 15) is 14.4 Å². The van der Waals surface area contributed by atoms with Crippen molar-refractivity contribution in [3.8, 4) is 0 Å². The third-order valence-corrected chi connectivity index (χ3v) is 5.26. The molecule has 3 aromatic rings. The second kappa shape index (κ2) is 6.81. The molecule has 1 aliphatic rings. The number of hydrogen-bond donors (Lipinski definition) is 1. The molecule has 1 N–H and O–H groups in total. The molecule has 0 spiro atoms. The summed E-state index contributed by atoms with van der Waals surface area (Å²) in [5, 5.41) is 2.80. The highest BCUT2D eigenvalue weighted by Crippen LogP contribution is 2.27. The van der Waals surface area contributed by atoms with E-state index in [0.717, 1.165) is 34.0 Å². The van der Waals surface area contributed by atoms with Gasteiger partial charge in [-0.15, -0.1) is 0 Å². The van der Waals surface area contributed by atoms with Gasteiger partial charge in [-0.1, -0.05) is 28.1 Å². The molecule has 2 heterocycles. The highest BCUT2D eigenvalue weighted by atomic mass is 79.9. The van der Waals surface area contributed by atoms with Crippen LogP contribution in [0.5, 0.6) is 0 Å². The Kier molecular flexibility index (Phi) is 4.47. The van der Waals surface area contributed by atoms with E-state index in [1.54, 1.807) is 12.1 Å². The number of carbonyl (C=O) groups excluding carboxylic acids is 1. The molecule has 0 atom stereocenters. The second-order valence-electron chi connectivity index (χ2n) is 6.80. The molecule has 27 heavy (non-hydrogen) atoms. The first kappa shape index (κ1) is 17.7. The Labute approximate surface area is 163 Å². The van der Waals surface area contributed by atoms with Crippen molar-refractivity contribution in [3.05, 3.63) is 72.7 Å². The maximum Gasteiger partial charge on any atom is 0.317 e. The van der Waals surface area contributed by atoms with Gasteiger partial charge in [0.15, 0.2) is 0 Å². The molecule has 0 unspecified atom stereocenters. The van der Waals surface area contributed by atoms with Gasteiger partial charge in [-0.05, 0) is 55.2 Å². The summed E-state index contributed by atoms with van der Waals surface area (Å²) in [6, 6.07) is 11.2. The van der Waals surface area contributed by atoms with E-state index in [0.29, 0.717) is 17.7 Å². The fourth-order valence-corrected chi connectivity index (χ4v) is 4.15. The number of hydrogen-bond acceptors (Lipinski definition) is 3. The van der Waals surface area contributed by atoms with Gasteiger partial charge in [0, 0.05) is 16.7 Å². The van der Waals surface area contributed by atoms with Gasteiger partial charge in [0.1, 0.15) is 6.54 Å². The molecular formula is C20H18BrN3O3. The van der Waals surface area contributed by atoms with Crippen LogP contribution in [-0.4, -0.2) is 15.0 Å². The Hall–Kier alpha value is -2.67. The Morgan fingerprint density at radius 3 is 2.78 bits per heavy atom. The van der Waals surface area contributed by atoms with E-state index in [-0.39, 0.29) is 12.5 Å². The summed E-state index contributed by atoms with van der Waals surface area (Å²) >= 11 is 3.47. The zero-order valence-electron chi connectivity index (χ0n) is 14.8. The van der Waals surface area contributed by atoms with Crippen LogP contribution in [0.3, 0.4) is 0 Å². The van der Waals surface area contributed by atoms with E-state index in [2.05, 4.69) is 21.2 Å². The van der Waals surface area contributed by atoms with E-state index in [1.807, 2.05) is 31.2 Å². The van der Waals surface area contributed by atoms with Crippen LogP contribution in [0, 0.1) is 6.92 Å². The topological polar surface area (TPSA) is 73.1 Å². The van der Waals surface area contributed by atoms with Crippen LogP contribution in [0.4, 0.5) is 5.69 Å². The summed E-state index contributed by atoms with van der Waals surface area (Å²) < 4.78 is 3.64. The Morgan fingerprint density at radius 1 is 1.19 bits per heavy atom. The fourth-order valence-electron chi connectivity index (χ4n) is 3.65. The van der Waals surface area contributed by atoms with Gasteiger partial charge in [-0.2, -0.15) is 0 Å². The van der Waals surface area contributed by atoms with Crippen molar-refractivity contribution in [2.75, 3.05) is 5.32 Å². The molecule has 7 heteroatoms. The molecule has 0 bridgehead atoms. The van der Waals surface area contributed by atoms with Gasteiger partial charge >= 0.3 is 11.1 Å². The monoisotopic (exact) mass is 427 g/mol. The highest BCUT2D eigenvalue weighted by Gasteiger charge is 2.21. The number of anilines is 1. The number of benzene rings is 2. The highest BCUT2D eigenvalue weighted by molar-refractivity contribution is 9.10. The minimum Gasteiger partial charge on any atom is -0.325 e. The van der Waals surface area contributed by atoms with E-state index >= 15 is 0 Å². The number of nitrogens with one attached hydrogen (secondary N) is 1. The molecule has 0 aliphatic carbocycles. The maximum absolute atomic E-state index is 12.7. The van der Waals surface area contributed by atoms with Crippen molar-refractivity contribution in [2.24, 2.45) is 0 Å². The zero-order chi connectivity index (χ0) is 19.1. The predicted octanol–water partition coefficient (Wildman–Crippen LogP) is 2.82. The second-order valence-corrected chi connectivity index (χ2v) is 7.72. The average molecular weight is 428 g/mol. The minimum absolute atomic E-state index is 0.213. The number of aryl methyl sites for hydroxylation is 3. The fraction of sp³-hybridized carbons (Fsp3) is 0.250. The SMILES string of the molecule is Cc1cccc(NC(=O)Cn2c(=O)c(=O)n3c4c(cc(Br)cc42)CCC3)c1. The summed E-state index contributed by atoms with van der Waals surface area (Å²) in [6.07, 6.45) is 1.65. The summed E-state index contributed by atoms with van der Waals surface area (Å²) in [5.41, 5.74) is 2.79. The van der Waals surface area contributed by atoms with E-state index in [4.69, 9.17) is 0 Å². The quantitative estimate of drug-likeness (QED) is 0.653. The first-order chi connectivity index (χ1) is 12.9. The van der Waals surface area contributed by atoms with E-state index in [1.165, 1.54) is 9.13 Å². The lowest BCUT2D eigenvalue weighted by Gasteiger charge is -2.21. The summed E-state index contributed by atoms with van der Waals surface area (Å²) in [4.78, 5) is 37.8. The van der Waals surface area contributed by atoms with Crippen LogP contribution in [0.25, 0.3) is 11.0 Å². The lowest BCUT2D eigenvalue weighted by atomic mass is 10.0. The van der Waals surface area contributed by atoms with Gasteiger partial charge in [0.25, 0.3) is 0 Å². The lowest BCUT2D eigenvalue weighted by Crippen LogP contribution is -2.44. The Bertz CT molecular complexity index is 1190. The Balaban J connectivity index is 1.80. The number of carbonyl (C=O) groups is 1. The van der Waals surface area contributed by atoms with Gasteiger partial charge in [0.2, 0.25) is 5.91 Å². The first-order valence-corrected chi connectivity index (χ1v) is 9.55. The van der Waals surface area contributed by atoms with Crippen LogP contribution >= 0.6 is 15.9 Å². The van der Waals surface area contributed by atoms with Gasteiger partial charge in [0.05, 0.1) is 11.0 Å². The van der Waals surface area contributed by atoms with Crippen LogP contribution in [0.1, 0.15) is 17.5 Å². The molecule has 1 amide bonds. The van der Waals surface area contributed by atoms with Crippen LogP contribution in [0.2, 0.25) is 0 Å². The third kappa shape index (κ3) is 3.23. The van der Waals surface area contributed by atoms with Gasteiger partial charge < -0.3 is 9.88 Å². The Morgan fingerprint density at radius 2 is 2.00 bits per heavy atom. The summed E-state index contributed by atoms with van der Waals surface area (Å²) in [5.74, 6) is -0.347. The van der Waals surface area contributed by atoms with Crippen LogP contribution in [-0.2, 0) is 24.3 Å². The number of nitrogens with zero attached hydrogens (tertiary/aromatic N) is 2. The van der Waals surface area contributed by atoms with Crippen molar-refractivity contribution in [1.29, 1.82) is 0 Å². The van der Waals surface area contributed by atoms with Gasteiger partial charge in [-0.25, -0.2) is 0 Å². The molecule has 0 saturated heterocycles. The van der Waals surface area contributed by atoms with Crippen molar-refractivity contribution in [2.45, 2.75) is 32.9 Å². The summed E-state index contributed by atoms with van der Waals surface area (Å²) in [7, 11) is 0. The molecule has 0 radical (unpaired) electrons. The van der Waals surface area contributed by atoms with Crippen molar-refractivity contribution in [1.82, 2.24) is 9.13 Å². The number of rotatable bonds is 3. The number of amides is 1. The standard InChI is InChI=1S/C20H18BrN3O3/c1-12-4-2-6-15(8-12)22-17(25)11-24-16-10-14(21)9-13-5-3-7-23(18(13)16)19(26)20(24)27/h2,4,6,8-10H,3,5,7,11H2,1H3,(H,22,25). The lowest BCUT2D eigenvalue weighted by molar-refractivity contribution is -0.116. The normalized spacial score (nSPS) is 13.0. The molecular weight excluding hydrogens is 410 g/mol. The molecule has 1 aliphatic heterocycles. The minimum atomic E-state index is -0.673. The van der Waals surface area contributed by atoms with Crippen LogP contribution < -0.4 is 16.4 Å². The van der Waals surface area contributed by atoms with Crippen molar-refractivity contribution >= 4 is 38.6 Å². The largest absolute Gasteiger partial charge is 0.325 e. The van der Waals surface area contributed by atoms with Crippen molar-refractivity contribution in [3.63, 3.8) is 0 Å². The van der Waals surface area contributed by atoms with Crippen LogP contribution in [0.15, 0.2) is 50.5 Å². The molecule has 2 aromatic carbocycles. The molecule has 1 aromatic heterocycles. The first-order valence-electron chi connectivity index (χ1n) is 8.76. The van der Waals surface area contributed by atoms with Gasteiger partial charge in [-0.3, -0.25) is 19.0 Å². The molecule has 0 fully saturated rings. The molecule has 0 saturated carbocycles. The summed E-state index contributed by atoms with van der Waals surface area (Å²) in [6.45, 7) is 2.25. The molecule has 138 valence electrons. The maximum atomic E-state index is 12.7. The van der Waals surface area contributed by atoms with E-state index < -0.39 is 11.1 Å². The molecule has 4 rings (SSSR count). The van der Waals surface area contributed by atoms with Crippen molar-refractivity contribution < 1.29 is 4.79 Å². The smallest absolute Gasteiger partial charge is 0.317 e. The average Bonchev–Trinajstić information content (AvgIpc) is 2.62. The third-order valence-electron chi connectivity index (χ3n) is 4.80. The number of aromatic nitrogens is 2. The number of halogens is 1. The molecule has 6 nitrogen and oxygen atoms in total.